The maximum atomic E-state index is 13.4. The van der Waals surface area contributed by atoms with Gasteiger partial charge in [-0.15, -0.1) is 0 Å². The molecule has 0 aliphatic heterocycles. The van der Waals surface area contributed by atoms with Crippen LogP contribution in [0.25, 0.3) is 0 Å². The molecular weight excluding hydrogens is 396 g/mol. The van der Waals surface area contributed by atoms with Gasteiger partial charge in [-0.05, 0) is 53.9 Å². The minimum Gasteiger partial charge on any atom is -0.354 e. The highest BCUT2D eigenvalue weighted by molar-refractivity contribution is 5.87. The van der Waals surface area contributed by atoms with Crippen molar-refractivity contribution >= 4 is 11.8 Å². The van der Waals surface area contributed by atoms with Gasteiger partial charge >= 0.3 is 0 Å². The molecule has 2 amide bonds. The molecule has 0 aliphatic rings. The average Bonchev–Trinajstić information content (AvgIpc) is 2.77. The Hall–Kier alpha value is -2.62. The molecule has 2 rings (SSSR count). The topological polar surface area (TPSA) is 49.4 Å². The molecule has 0 fully saturated rings. The summed E-state index contributed by atoms with van der Waals surface area (Å²) in [5, 5.41) is 3.03. The second kappa shape index (κ2) is 12.4. The molecule has 4 nitrogen and oxygen atoms in total. The van der Waals surface area contributed by atoms with Crippen LogP contribution in [0.3, 0.4) is 0 Å². The number of nitrogens with zero attached hydrogens (tertiary/aromatic N) is 1. The van der Waals surface area contributed by atoms with Gasteiger partial charge in [0.1, 0.15) is 6.04 Å². The molecule has 0 saturated carbocycles. The predicted octanol–water partition coefficient (Wildman–Crippen LogP) is 5.63. The van der Waals surface area contributed by atoms with Gasteiger partial charge in [0.25, 0.3) is 0 Å². The Morgan fingerprint density at radius 1 is 0.969 bits per heavy atom. The minimum atomic E-state index is -0.468. The highest BCUT2D eigenvalue weighted by atomic mass is 16.2. The van der Waals surface area contributed by atoms with E-state index < -0.39 is 6.04 Å². The summed E-state index contributed by atoms with van der Waals surface area (Å²) in [6, 6.07) is 16.1. The lowest BCUT2D eigenvalue weighted by Gasteiger charge is -2.31. The molecule has 1 N–H and O–H groups in total. The summed E-state index contributed by atoms with van der Waals surface area (Å²) in [4.78, 5) is 28.1. The lowest BCUT2D eigenvalue weighted by molar-refractivity contribution is -0.141. The van der Waals surface area contributed by atoms with E-state index in [0.29, 0.717) is 44.2 Å². The van der Waals surface area contributed by atoms with Gasteiger partial charge in [0.15, 0.2) is 0 Å². The second-order valence-electron chi connectivity index (χ2n) is 9.41. The summed E-state index contributed by atoms with van der Waals surface area (Å²) in [6.07, 6.45) is 1.65. The quantitative estimate of drug-likeness (QED) is 0.496. The molecule has 1 atom stereocenters. The van der Waals surface area contributed by atoms with Crippen LogP contribution in [0.5, 0.6) is 0 Å². The first-order valence-corrected chi connectivity index (χ1v) is 11.9. The van der Waals surface area contributed by atoms with Crippen molar-refractivity contribution in [3.63, 3.8) is 0 Å². The standard InChI is InChI=1S/C28H40N2O2/c1-7-26(28(32)29-18-20(2)3)30(19-25-11-9-8-10-22(25)6)27(31)17-14-23-12-15-24(16-13-23)21(4)5/h8-13,15-16,20-21,26H,7,14,17-19H2,1-6H3,(H,29,32)/t26-/m1/s1. The van der Waals surface area contributed by atoms with Crippen molar-refractivity contribution in [1.82, 2.24) is 10.2 Å². The van der Waals surface area contributed by atoms with E-state index in [0.717, 1.165) is 16.7 Å². The zero-order valence-electron chi connectivity index (χ0n) is 20.7. The Balaban J connectivity index is 2.18. The third kappa shape index (κ3) is 7.51. The highest BCUT2D eigenvalue weighted by Crippen LogP contribution is 2.19. The van der Waals surface area contributed by atoms with Gasteiger partial charge in [0, 0.05) is 19.5 Å². The van der Waals surface area contributed by atoms with Crippen LogP contribution in [0, 0.1) is 12.8 Å². The van der Waals surface area contributed by atoms with E-state index in [2.05, 4.69) is 57.3 Å². The molecule has 0 radical (unpaired) electrons. The number of amides is 2. The van der Waals surface area contributed by atoms with Crippen LogP contribution >= 0.6 is 0 Å². The molecule has 2 aromatic carbocycles. The van der Waals surface area contributed by atoms with Gasteiger partial charge < -0.3 is 10.2 Å². The van der Waals surface area contributed by atoms with Crippen molar-refractivity contribution in [3.05, 3.63) is 70.8 Å². The maximum absolute atomic E-state index is 13.4. The lowest BCUT2D eigenvalue weighted by Crippen LogP contribution is -2.49. The van der Waals surface area contributed by atoms with Gasteiger partial charge in [0.2, 0.25) is 11.8 Å². The molecule has 0 aromatic heterocycles. The molecule has 0 bridgehead atoms. The van der Waals surface area contributed by atoms with Gasteiger partial charge in [-0.1, -0.05) is 83.1 Å². The molecule has 2 aromatic rings. The third-order valence-corrected chi connectivity index (χ3v) is 5.95. The summed E-state index contributed by atoms with van der Waals surface area (Å²) in [5.41, 5.74) is 4.66. The number of benzene rings is 2. The normalized spacial score (nSPS) is 12.1. The van der Waals surface area contributed by atoms with Crippen LogP contribution in [-0.4, -0.2) is 29.3 Å². The summed E-state index contributed by atoms with van der Waals surface area (Å²) < 4.78 is 0. The fraction of sp³-hybridized carbons (Fsp3) is 0.500. The number of carbonyl (C=O) groups is 2. The maximum Gasteiger partial charge on any atom is 0.242 e. The molecule has 0 aliphatic carbocycles. The molecular formula is C28H40N2O2. The molecule has 0 heterocycles. The van der Waals surface area contributed by atoms with Gasteiger partial charge in [-0.25, -0.2) is 0 Å². The first kappa shape index (κ1) is 25.6. The average molecular weight is 437 g/mol. The lowest BCUT2D eigenvalue weighted by atomic mass is 10.00. The van der Waals surface area contributed by atoms with E-state index in [1.165, 1.54) is 5.56 Å². The van der Waals surface area contributed by atoms with E-state index in [4.69, 9.17) is 0 Å². The monoisotopic (exact) mass is 436 g/mol. The van der Waals surface area contributed by atoms with Crippen molar-refractivity contribution in [2.45, 2.75) is 79.3 Å². The van der Waals surface area contributed by atoms with Crippen LogP contribution in [0.15, 0.2) is 48.5 Å². The Morgan fingerprint density at radius 3 is 2.19 bits per heavy atom. The zero-order valence-corrected chi connectivity index (χ0v) is 20.7. The summed E-state index contributed by atoms with van der Waals surface area (Å²) in [7, 11) is 0. The first-order valence-electron chi connectivity index (χ1n) is 11.9. The van der Waals surface area contributed by atoms with E-state index in [9.17, 15) is 9.59 Å². The second-order valence-corrected chi connectivity index (χ2v) is 9.41. The van der Waals surface area contributed by atoms with Crippen LogP contribution < -0.4 is 5.32 Å². The number of rotatable bonds is 11. The van der Waals surface area contributed by atoms with Crippen molar-refractivity contribution in [2.75, 3.05) is 6.54 Å². The summed E-state index contributed by atoms with van der Waals surface area (Å²) in [5.74, 6) is 0.813. The van der Waals surface area contributed by atoms with E-state index in [1.807, 2.05) is 38.1 Å². The van der Waals surface area contributed by atoms with Crippen molar-refractivity contribution < 1.29 is 9.59 Å². The number of hydrogen-bond acceptors (Lipinski definition) is 2. The number of nitrogens with one attached hydrogen (secondary N) is 1. The fourth-order valence-electron chi connectivity index (χ4n) is 3.78. The smallest absolute Gasteiger partial charge is 0.242 e. The SMILES string of the molecule is CC[C@H](C(=O)NCC(C)C)N(Cc1ccccc1C)C(=O)CCc1ccc(C(C)C)cc1. The third-order valence-electron chi connectivity index (χ3n) is 5.95. The van der Waals surface area contributed by atoms with Crippen molar-refractivity contribution in [2.24, 2.45) is 5.92 Å². The molecule has 0 unspecified atom stereocenters. The predicted molar refractivity (Wildman–Crippen MR) is 133 cm³/mol. The Kier molecular flexibility index (Phi) is 9.96. The number of aryl methyl sites for hydroxylation is 2. The highest BCUT2D eigenvalue weighted by Gasteiger charge is 2.28. The fourth-order valence-corrected chi connectivity index (χ4v) is 3.78. The van der Waals surface area contributed by atoms with Gasteiger partial charge in [0.05, 0.1) is 0 Å². The minimum absolute atomic E-state index is 0.0211. The Bertz CT molecular complexity index is 871. The van der Waals surface area contributed by atoms with Crippen molar-refractivity contribution in [3.8, 4) is 0 Å². The van der Waals surface area contributed by atoms with Crippen LogP contribution in [0.4, 0.5) is 0 Å². The van der Waals surface area contributed by atoms with Gasteiger partial charge in [-0.2, -0.15) is 0 Å². The number of carbonyl (C=O) groups excluding carboxylic acids is 2. The Labute approximate surface area is 194 Å². The van der Waals surface area contributed by atoms with Crippen LogP contribution in [-0.2, 0) is 22.6 Å². The summed E-state index contributed by atoms with van der Waals surface area (Å²) >= 11 is 0. The van der Waals surface area contributed by atoms with Crippen LogP contribution in [0.1, 0.15) is 75.6 Å². The molecule has 4 heteroatoms. The van der Waals surface area contributed by atoms with Gasteiger partial charge in [-0.3, -0.25) is 9.59 Å². The zero-order chi connectivity index (χ0) is 23.7. The van der Waals surface area contributed by atoms with E-state index in [1.54, 1.807) is 4.90 Å². The largest absolute Gasteiger partial charge is 0.354 e. The van der Waals surface area contributed by atoms with Crippen molar-refractivity contribution in [1.29, 1.82) is 0 Å². The van der Waals surface area contributed by atoms with E-state index >= 15 is 0 Å². The number of hydrogen-bond donors (Lipinski definition) is 1. The van der Waals surface area contributed by atoms with E-state index in [-0.39, 0.29) is 11.8 Å². The summed E-state index contributed by atoms with van der Waals surface area (Å²) in [6.45, 7) is 13.6. The van der Waals surface area contributed by atoms with Crippen LogP contribution in [0.2, 0.25) is 0 Å². The first-order chi connectivity index (χ1) is 15.2. The Morgan fingerprint density at radius 2 is 1.62 bits per heavy atom. The molecule has 174 valence electrons. The molecule has 32 heavy (non-hydrogen) atoms. The molecule has 0 spiro atoms. The molecule has 0 saturated heterocycles.